The first-order valence-corrected chi connectivity index (χ1v) is 8.56. The van der Waals surface area contributed by atoms with Gasteiger partial charge in [0.15, 0.2) is 11.5 Å². The first-order chi connectivity index (χ1) is 10.3. The van der Waals surface area contributed by atoms with Crippen LogP contribution in [-0.2, 0) is 6.54 Å². The molecule has 1 aromatic rings. The predicted octanol–water partition coefficient (Wildman–Crippen LogP) is 3.00. The summed E-state index contributed by atoms with van der Waals surface area (Å²) < 4.78 is 11.9. The third kappa shape index (κ3) is 3.71. The second-order valence-electron chi connectivity index (χ2n) is 5.81. The lowest BCUT2D eigenvalue weighted by Gasteiger charge is -2.31. The topological polar surface area (TPSA) is 33.7 Å². The fourth-order valence-corrected chi connectivity index (χ4v) is 3.48. The van der Waals surface area contributed by atoms with Gasteiger partial charge in [-0.05, 0) is 62.6 Å². The Morgan fingerprint density at radius 2 is 1.95 bits per heavy atom. The van der Waals surface area contributed by atoms with E-state index >= 15 is 0 Å². The minimum absolute atomic E-state index is 0.328. The van der Waals surface area contributed by atoms with Gasteiger partial charge in [-0.3, -0.25) is 0 Å². The molecule has 0 unspecified atom stereocenters. The van der Waals surface area contributed by atoms with Gasteiger partial charge in [0.25, 0.3) is 0 Å². The monoisotopic (exact) mass is 354 g/mol. The van der Waals surface area contributed by atoms with E-state index in [9.17, 15) is 0 Å². The number of hydrogen-bond donors (Lipinski definition) is 1. The van der Waals surface area contributed by atoms with E-state index in [4.69, 9.17) is 9.47 Å². The van der Waals surface area contributed by atoms with E-state index < -0.39 is 0 Å². The van der Waals surface area contributed by atoms with Gasteiger partial charge in [-0.2, -0.15) is 0 Å². The third-order valence-corrected chi connectivity index (χ3v) is 5.18. The molecule has 0 radical (unpaired) electrons. The molecule has 3 rings (SSSR count). The second kappa shape index (κ2) is 6.99. The zero-order valence-electron chi connectivity index (χ0n) is 12.5. The molecular weight excluding hydrogens is 332 g/mol. The molecule has 21 heavy (non-hydrogen) atoms. The molecule has 1 aromatic carbocycles. The normalized spacial score (nSPS) is 19.1. The number of hydrogen-bond acceptors (Lipinski definition) is 4. The maximum atomic E-state index is 5.44. The van der Waals surface area contributed by atoms with Gasteiger partial charge in [-0.1, -0.05) is 22.9 Å². The average Bonchev–Trinajstić information content (AvgIpc) is 2.95. The first kappa shape index (κ1) is 15.1. The van der Waals surface area contributed by atoms with E-state index in [1.54, 1.807) is 0 Å². The van der Waals surface area contributed by atoms with Crippen molar-refractivity contribution in [3.05, 3.63) is 22.2 Å². The van der Waals surface area contributed by atoms with Gasteiger partial charge >= 0.3 is 0 Å². The molecule has 2 heterocycles. The van der Waals surface area contributed by atoms with Crippen molar-refractivity contribution in [2.75, 3.05) is 33.0 Å². The van der Waals surface area contributed by atoms with E-state index in [0.29, 0.717) is 6.79 Å². The third-order valence-electron chi connectivity index (χ3n) is 4.44. The molecule has 116 valence electrons. The summed E-state index contributed by atoms with van der Waals surface area (Å²) in [7, 11) is 0. The number of nitrogens with one attached hydrogen (secondary N) is 1. The SMILES string of the molecule is CCN1CCC(CNCc2cc3c(cc2Br)OCO3)CC1. The number of rotatable bonds is 5. The standard InChI is InChI=1S/C16H23BrN2O2/c1-2-19-5-3-12(4-6-19)9-18-10-13-7-15-16(8-14(13)17)21-11-20-15/h7-8,12,18H,2-6,9-11H2,1H3. The number of nitrogens with zero attached hydrogens (tertiary/aromatic N) is 1. The number of piperidine rings is 1. The van der Waals surface area contributed by atoms with Crippen LogP contribution in [0.4, 0.5) is 0 Å². The summed E-state index contributed by atoms with van der Waals surface area (Å²) in [5.41, 5.74) is 1.23. The minimum atomic E-state index is 0.328. The highest BCUT2D eigenvalue weighted by molar-refractivity contribution is 9.10. The zero-order chi connectivity index (χ0) is 14.7. The summed E-state index contributed by atoms with van der Waals surface area (Å²) in [5, 5.41) is 3.59. The molecule has 5 heteroatoms. The highest BCUT2D eigenvalue weighted by Crippen LogP contribution is 2.36. The van der Waals surface area contributed by atoms with Crippen LogP contribution in [0, 0.1) is 5.92 Å². The molecule has 0 bridgehead atoms. The summed E-state index contributed by atoms with van der Waals surface area (Å²) >= 11 is 3.61. The molecule has 2 aliphatic heterocycles. The zero-order valence-corrected chi connectivity index (χ0v) is 14.1. The number of likely N-dealkylation sites (tertiary alicyclic amines) is 1. The molecule has 0 atom stereocenters. The Morgan fingerprint density at radius 1 is 1.24 bits per heavy atom. The molecule has 0 aromatic heterocycles. The van der Waals surface area contributed by atoms with Crippen molar-refractivity contribution in [2.24, 2.45) is 5.92 Å². The van der Waals surface area contributed by atoms with Crippen LogP contribution in [0.2, 0.25) is 0 Å². The molecule has 1 N–H and O–H groups in total. The van der Waals surface area contributed by atoms with E-state index in [0.717, 1.165) is 35.0 Å². The van der Waals surface area contributed by atoms with Crippen molar-refractivity contribution in [3.8, 4) is 11.5 Å². The van der Waals surface area contributed by atoms with Crippen LogP contribution in [0.15, 0.2) is 16.6 Å². The van der Waals surface area contributed by atoms with E-state index in [2.05, 4.69) is 39.1 Å². The Labute approximate surface area is 134 Å². The van der Waals surface area contributed by atoms with E-state index in [1.165, 1.54) is 38.0 Å². The van der Waals surface area contributed by atoms with Crippen molar-refractivity contribution < 1.29 is 9.47 Å². The molecule has 1 saturated heterocycles. The van der Waals surface area contributed by atoms with Crippen molar-refractivity contribution >= 4 is 15.9 Å². The Kier molecular flexibility index (Phi) is 5.03. The van der Waals surface area contributed by atoms with Crippen LogP contribution in [0.3, 0.4) is 0 Å². The highest BCUT2D eigenvalue weighted by atomic mass is 79.9. The number of fused-ring (bicyclic) bond motifs is 1. The lowest BCUT2D eigenvalue weighted by atomic mass is 9.97. The molecular formula is C16H23BrN2O2. The Hall–Kier alpha value is -0.780. The molecule has 0 aliphatic carbocycles. The van der Waals surface area contributed by atoms with E-state index in [-0.39, 0.29) is 0 Å². The molecule has 0 amide bonds. The fourth-order valence-electron chi connectivity index (χ4n) is 3.01. The smallest absolute Gasteiger partial charge is 0.231 e. The van der Waals surface area contributed by atoms with Crippen molar-refractivity contribution in [1.82, 2.24) is 10.2 Å². The molecule has 4 nitrogen and oxygen atoms in total. The van der Waals surface area contributed by atoms with Crippen molar-refractivity contribution in [1.29, 1.82) is 0 Å². The largest absolute Gasteiger partial charge is 0.454 e. The lowest BCUT2D eigenvalue weighted by molar-refractivity contribution is 0.174. The fraction of sp³-hybridized carbons (Fsp3) is 0.625. The summed E-state index contributed by atoms with van der Waals surface area (Å²) in [6.45, 7) is 8.21. The Balaban J connectivity index is 1.48. The van der Waals surface area contributed by atoms with Gasteiger partial charge in [-0.25, -0.2) is 0 Å². The molecule has 0 spiro atoms. The summed E-state index contributed by atoms with van der Waals surface area (Å²) in [5.74, 6) is 2.49. The lowest BCUT2D eigenvalue weighted by Crippen LogP contribution is -2.36. The summed E-state index contributed by atoms with van der Waals surface area (Å²) in [4.78, 5) is 2.53. The maximum absolute atomic E-state index is 5.44. The van der Waals surface area contributed by atoms with Crippen LogP contribution >= 0.6 is 15.9 Å². The van der Waals surface area contributed by atoms with Gasteiger partial charge in [0.05, 0.1) is 0 Å². The van der Waals surface area contributed by atoms with Crippen molar-refractivity contribution in [3.63, 3.8) is 0 Å². The van der Waals surface area contributed by atoms with Crippen molar-refractivity contribution in [2.45, 2.75) is 26.3 Å². The number of halogens is 1. The highest BCUT2D eigenvalue weighted by Gasteiger charge is 2.19. The van der Waals surface area contributed by atoms with Gasteiger partial charge in [0.1, 0.15) is 0 Å². The molecule has 0 saturated carbocycles. The summed E-state index contributed by atoms with van der Waals surface area (Å²) in [6, 6.07) is 4.07. The molecule has 2 aliphatic rings. The van der Waals surface area contributed by atoms with Crippen LogP contribution in [0.1, 0.15) is 25.3 Å². The van der Waals surface area contributed by atoms with Gasteiger partial charge in [-0.15, -0.1) is 0 Å². The quantitative estimate of drug-likeness (QED) is 0.881. The molecule has 1 fully saturated rings. The maximum Gasteiger partial charge on any atom is 0.231 e. The van der Waals surface area contributed by atoms with Crippen LogP contribution in [-0.4, -0.2) is 37.9 Å². The Morgan fingerprint density at radius 3 is 2.67 bits per heavy atom. The van der Waals surface area contributed by atoms with Gasteiger partial charge < -0.3 is 19.7 Å². The van der Waals surface area contributed by atoms with Crippen LogP contribution in [0.5, 0.6) is 11.5 Å². The number of benzene rings is 1. The number of ether oxygens (including phenoxy) is 2. The van der Waals surface area contributed by atoms with Gasteiger partial charge in [0.2, 0.25) is 6.79 Å². The van der Waals surface area contributed by atoms with Gasteiger partial charge in [0, 0.05) is 11.0 Å². The first-order valence-electron chi connectivity index (χ1n) is 7.77. The second-order valence-corrected chi connectivity index (χ2v) is 6.66. The van der Waals surface area contributed by atoms with E-state index in [1.807, 2.05) is 6.07 Å². The minimum Gasteiger partial charge on any atom is -0.454 e. The average molecular weight is 355 g/mol. The predicted molar refractivity (Wildman–Crippen MR) is 86.8 cm³/mol. The van der Waals surface area contributed by atoms with Crippen LogP contribution < -0.4 is 14.8 Å². The summed E-state index contributed by atoms with van der Waals surface area (Å²) in [6.07, 6.45) is 2.62. The van der Waals surface area contributed by atoms with Crippen LogP contribution in [0.25, 0.3) is 0 Å². The Bertz CT molecular complexity index is 487.